The van der Waals surface area contributed by atoms with Gasteiger partial charge >= 0.3 is 0 Å². The van der Waals surface area contributed by atoms with E-state index in [4.69, 9.17) is 10.5 Å². The monoisotopic (exact) mass is 264 g/mol. The van der Waals surface area contributed by atoms with Gasteiger partial charge in [-0.2, -0.15) is 0 Å². The molecule has 0 fully saturated rings. The third-order valence-corrected chi connectivity index (χ3v) is 2.99. The Balaban J connectivity index is 2.33. The van der Waals surface area contributed by atoms with Crippen LogP contribution in [0.3, 0.4) is 0 Å². The van der Waals surface area contributed by atoms with Crippen molar-refractivity contribution in [2.75, 3.05) is 13.2 Å². The minimum absolute atomic E-state index is 0.105. The molecule has 1 unspecified atom stereocenters. The molecule has 0 saturated carbocycles. The number of hydrogen-bond donors (Lipinski definition) is 2. The number of carbonyl (C=O) groups is 1. The van der Waals surface area contributed by atoms with Crippen LogP contribution in [0.15, 0.2) is 18.2 Å². The largest absolute Gasteiger partial charge is 0.491 e. The van der Waals surface area contributed by atoms with Gasteiger partial charge < -0.3 is 15.8 Å². The van der Waals surface area contributed by atoms with Crippen molar-refractivity contribution in [2.45, 2.75) is 39.7 Å². The summed E-state index contributed by atoms with van der Waals surface area (Å²) in [6.45, 7) is 6.97. The molecule has 4 nitrogen and oxygen atoms in total. The fourth-order valence-electron chi connectivity index (χ4n) is 1.93. The van der Waals surface area contributed by atoms with E-state index < -0.39 is 6.04 Å². The number of carbonyl (C=O) groups excluding carboxylic acids is 1. The van der Waals surface area contributed by atoms with E-state index in [1.807, 2.05) is 39.0 Å². The van der Waals surface area contributed by atoms with Crippen LogP contribution in [-0.4, -0.2) is 25.1 Å². The molecule has 106 valence electrons. The SMILES string of the molecule is CCCC(N)C(=O)NCCOc1c(C)cccc1C. The van der Waals surface area contributed by atoms with E-state index >= 15 is 0 Å². The van der Waals surface area contributed by atoms with Crippen LogP contribution in [0.4, 0.5) is 0 Å². The molecule has 0 aliphatic heterocycles. The number of ether oxygens (including phenoxy) is 1. The quantitative estimate of drug-likeness (QED) is 0.740. The highest BCUT2D eigenvalue weighted by molar-refractivity contribution is 5.81. The summed E-state index contributed by atoms with van der Waals surface area (Å²) in [6.07, 6.45) is 1.62. The maximum Gasteiger partial charge on any atom is 0.237 e. The van der Waals surface area contributed by atoms with E-state index in [1.165, 1.54) is 0 Å². The standard InChI is InChI=1S/C15H24N2O2/c1-4-6-13(16)15(18)17-9-10-19-14-11(2)7-5-8-12(14)3/h5,7-8,13H,4,6,9-10,16H2,1-3H3,(H,17,18). The number of aryl methyl sites for hydroxylation is 2. The van der Waals surface area contributed by atoms with E-state index in [9.17, 15) is 4.79 Å². The topological polar surface area (TPSA) is 64.4 Å². The van der Waals surface area contributed by atoms with Gasteiger partial charge in [0, 0.05) is 0 Å². The summed E-state index contributed by atoms with van der Waals surface area (Å²) >= 11 is 0. The van der Waals surface area contributed by atoms with E-state index in [0.29, 0.717) is 19.6 Å². The fourth-order valence-corrected chi connectivity index (χ4v) is 1.93. The predicted molar refractivity (Wildman–Crippen MR) is 77.3 cm³/mol. The first-order valence-electron chi connectivity index (χ1n) is 6.78. The smallest absolute Gasteiger partial charge is 0.237 e. The van der Waals surface area contributed by atoms with Crippen molar-refractivity contribution in [2.24, 2.45) is 5.73 Å². The third kappa shape index (κ3) is 4.91. The minimum atomic E-state index is -0.412. The summed E-state index contributed by atoms with van der Waals surface area (Å²) < 4.78 is 5.70. The molecule has 0 heterocycles. The van der Waals surface area contributed by atoms with Crippen molar-refractivity contribution >= 4 is 5.91 Å². The van der Waals surface area contributed by atoms with Gasteiger partial charge in [0.05, 0.1) is 12.6 Å². The lowest BCUT2D eigenvalue weighted by atomic mass is 10.1. The van der Waals surface area contributed by atoms with Crippen molar-refractivity contribution in [1.29, 1.82) is 0 Å². The highest BCUT2D eigenvalue weighted by atomic mass is 16.5. The number of rotatable bonds is 7. The van der Waals surface area contributed by atoms with Crippen LogP contribution in [0, 0.1) is 13.8 Å². The lowest BCUT2D eigenvalue weighted by Crippen LogP contribution is -2.41. The first-order chi connectivity index (χ1) is 9.06. The van der Waals surface area contributed by atoms with Gasteiger partial charge in [-0.15, -0.1) is 0 Å². The normalized spacial score (nSPS) is 12.0. The summed E-state index contributed by atoms with van der Waals surface area (Å²) in [5, 5.41) is 2.79. The zero-order valence-corrected chi connectivity index (χ0v) is 12.0. The molecule has 0 spiro atoms. The molecule has 0 aliphatic rings. The zero-order valence-electron chi connectivity index (χ0n) is 12.0. The van der Waals surface area contributed by atoms with Crippen LogP contribution < -0.4 is 15.8 Å². The molecule has 0 bridgehead atoms. The maximum absolute atomic E-state index is 11.6. The van der Waals surface area contributed by atoms with Gasteiger partial charge in [0.15, 0.2) is 0 Å². The lowest BCUT2D eigenvalue weighted by Gasteiger charge is -2.14. The molecule has 3 N–H and O–H groups in total. The molecule has 1 atom stereocenters. The molecule has 1 amide bonds. The van der Waals surface area contributed by atoms with Crippen LogP contribution in [0.5, 0.6) is 5.75 Å². The van der Waals surface area contributed by atoms with Crippen LogP contribution in [0.25, 0.3) is 0 Å². The number of nitrogens with two attached hydrogens (primary N) is 1. The van der Waals surface area contributed by atoms with E-state index in [1.54, 1.807) is 0 Å². The van der Waals surface area contributed by atoms with Crippen molar-refractivity contribution < 1.29 is 9.53 Å². The van der Waals surface area contributed by atoms with Crippen LogP contribution in [0.1, 0.15) is 30.9 Å². The van der Waals surface area contributed by atoms with Crippen molar-refractivity contribution in [3.05, 3.63) is 29.3 Å². The predicted octanol–water partition coefficient (Wildman–Crippen LogP) is 1.93. The van der Waals surface area contributed by atoms with Gasteiger partial charge in [-0.05, 0) is 31.4 Å². The molecule has 0 saturated heterocycles. The Morgan fingerprint density at radius 3 is 2.58 bits per heavy atom. The van der Waals surface area contributed by atoms with E-state index in [-0.39, 0.29) is 5.91 Å². The molecular weight excluding hydrogens is 240 g/mol. The van der Waals surface area contributed by atoms with E-state index in [0.717, 1.165) is 23.3 Å². The van der Waals surface area contributed by atoms with Gasteiger partial charge in [-0.25, -0.2) is 0 Å². The molecule has 1 aromatic carbocycles. The van der Waals surface area contributed by atoms with Gasteiger partial charge in [-0.3, -0.25) is 4.79 Å². The second-order valence-corrected chi connectivity index (χ2v) is 4.76. The second kappa shape index (κ2) is 7.79. The molecule has 19 heavy (non-hydrogen) atoms. The Morgan fingerprint density at radius 2 is 2.00 bits per heavy atom. The van der Waals surface area contributed by atoms with Crippen LogP contribution >= 0.6 is 0 Å². The summed E-state index contributed by atoms with van der Waals surface area (Å²) in [4.78, 5) is 11.6. The summed E-state index contributed by atoms with van der Waals surface area (Å²) in [5.41, 5.74) is 7.93. The molecule has 0 aromatic heterocycles. The molecular formula is C15H24N2O2. The van der Waals surface area contributed by atoms with Gasteiger partial charge in [-0.1, -0.05) is 31.5 Å². The highest BCUT2D eigenvalue weighted by Gasteiger charge is 2.11. The lowest BCUT2D eigenvalue weighted by molar-refractivity contribution is -0.122. The number of amides is 1. The average molecular weight is 264 g/mol. The average Bonchev–Trinajstić information content (AvgIpc) is 2.37. The Morgan fingerprint density at radius 1 is 1.37 bits per heavy atom. The van der Waals surface area contributed by atoms with Crippen molar-refractivity contribution in [3.63, 3.8) is 0 Å². The molecule has 0 aliphatic carbocycles. The Labute approximate surface area is 115 Å². The number of nitrogens with one attached hydrogen (secondary N) is 1. The van der Waals surface area contributed by atoms with Crippen molar-refractivity contribution in [1.82, 2.24) is 5.32 Å². The van der Waals surface area contributed by atoms with E-state index in [2.05, 4.69) is 5.32 Å². The molecule has 0 radical (unpaired) electrons. The zero-order chi connectivity index (χ0) is 14.3. The molecule has 1 rings (SSSR count). The van der Waals surface area contributed by atoms with Crippen molar-refractivity contribution in [3.8, 4) is 5.75 Å². The number of hydrogen-bond acceptors (Lipinski definition) is 3. The maximum atomic E-state index is 11.6. The first-order valence-corrected chi connectivity index (χ1v) is 6.78. The van der Waals surface area contributed by atoms with Gasteiger partial charge in [0.1, 0.15) is 12.4 Å². The summed E-state index contributed by atoms with van der Waals surface area (Å²) in [7, 11) is 0. The Kier molecular flexibility index (Phi) is 6.36. The first kappa shape index (κ1) is 15.5. The number of benzene rings is 1. The molecule has 4 heteroatoms. The fraction of sp³-hybridized carbons (Fsp3) is 0.533. The van der Waals surface area contributed by atoms with Crippen LogP contribution in [0.2, 0.25) is 0 Å². The summed E-state index contributed by atoms with van der Waals surface area (Å²) in [6, 6.07) is 5.62. The van der Waals surface area contributed by atoms with Crippen LogP contribution in [-0.2, 0) is 4.79 Å². The highest BCUT2D eigenvalue weighted by Crippen LogP contribution is 2.21. The molecule has 1 aromatic rings. The van der Waals surface area contributed by atoms with Gasteiger partial charge in [0.2, 0.25) is 5.91 Å². The third-order valence-electron chi connectivity index (χ3n) is 2.99. The second-order valence-electron chi connectivity index (χ2n) is 4.76. The van der Waals surface area contributed by atoms with Gasteiger partial charge in [0.25, 0.3) is 0 Å². The summed E-state index contributed by atoms with van der Waals surface area (Å²) in [5.74, 6) is 0.793. The minimum Gasteiger partial charge on any atom is -0.491 e. The Bertz CT molecular complexity index is 398. The Hall–Kier alpha value is -1.55. The number of para-hydroxylation sites is 1.